The molecule has 12 atom stereocenters. The first-order valence-corrected chi connectivity index (χ1v) is 27.4. The summed E-state index contributed by atoms with van der Waals surface area (Å²) in [5.74, 6) is -6.39. The number of esters is 4. The minimum Gasteiger partial charge on any atom is -0.456 e. The number of carbonyl (C=O) groups excluding carboxylic acids is 6. The van der Waals surface area contributed by atoms with E-state index in [1.807, 2.05) is 20.8 Å². The van der Waals surface area contributed by atoms with Gasteiger partial charge in [-0.1, -0.05) is 117 Å². The van der Waals surface area contributed by atoms with Crippen LogP contribution in [0.2, 0.25) is 18.1 Å². The minimum atomic E-state index is -2.75. The van der Waals surface area contributed by atoms with Gasteiger partial charge >= 0.3 is 23.9 Å². The number of aliphatic hydroxyl groups excluding tert-OH is 1. The number of hydrogen-bond acceptors (Lipinski definition) is 14. The summed E-state index contributed by atoms with van der Waals surface area (Å²) in [6.45, 7) is 14.2. The maximum absolute atomic E-state index is 15.9. The van der Waals surface area contributed by atoms with Crippen LogP contribution >= 0.6 is 15.9 Å². The van der Waals surface area contributed by atoms with E-state index in [0.717, 1.165) is 6.92 Å². The Hall–Kier alpha value is -5.04. The van der Waals surface area contributed by atoms with E-state index in [0.29, 0.717) is 29.3 Å². The van der Waals surface area contributed by atoms with Crippen molar-refractivity contribution < 1.29 is 67.1 Å². The molecule has 3 aliphatic carbocycles. The average Bonchev–Trinajstić information content (AvgIpc) is 3.33. The number of alkyl halides is 1. The lowest BCUT2D eigenvalue weighted by atomic mass is 9.44. The minimum absolute atomic E-state index is 0.0420. The van der Waals surface area contributed by atoms with Gasteiger partial charge in [0, 0.05) is 31.2 Å². The number of fused-ring (bicyclic) bond motifs is 5. The van der Waals surface area contributed by atoms with Crippen molar-refractivity contribution in [3.05, 3.63) is 119 Å². The standard InChI is InChI=1S/C53H64BrNO14Si/c1-10-70(11-2,12-3)69-41(39(33-22-16-13-17-23-33)55-47(60)34-24-18-14-19-25-34)49(62)66-36-28-53(63)46(67-48(61)35-26-20-15-21-27-35)42-51(9,43(58)38(54)45-52(42,29-64-45)68-32(6)57)44(59)40(65-31(5)56)37(30(36)4)50(53,7)8/h13-27,36,38-43,45-46,58,63H,10-12,28-29H2,1-9H3,(H,55,60)/t36-,38-,39-,40+,41+,42-,43-,45+,46-,51-,52+,53+/m0/s1. The van der Waals surface area contributed by atoms with Gasteiger partial charge in [-0.3, -0.25) is 19.2 Å². The van der Waals surface area contributed by atoms with Gasteiger partial charge < -0.3 is 43.6 Å². The maximum Gasteiger partial charge on any atom is 0.338 e. The molecule has 3 N–H and O–H groups in total. The number of carbonyl (C=O) groups is 6. The lowest BCUT2D eigenvalue weighted by Gasteiger charge is -2.68. The first kappa shape index (κ1) is 52.8. The molecule has 0 aromatic heterocycles. The van der Waals surface area contributed by atoms with Gasteiger partial charge in [-0.05, 0) is 73.0 Å². The monoisotopic (exact) mass is 1050 g/mol. The van der Waals surface area contributed by atoms with E-state index < -0.39 is 126 Å². The third-order valence-electron chi connectivity index (χ3n) is 15.8. The number of ether oxygens (including phenoxy) is 5. The number of halogens is 1. The first-order chi connectivity index (χ1) is 33.1. The van der Waals surface area contributed by atoms with Crippen LogP contribution in [0.5, 0.6) is 0 Å². The van der Waals surface area contributed by atoms with E-state index in [2.05, 4.69) is 21.2 Å². The maximum atomic E-state index is 15.9. The largest absolute Gasteiger partial charge is 0.456 e. The van der Waals surface area contributed by atoms with Gasteiger partial charge in [-0.25, -0.2) is 9.59 Å². The van der Waals surface area contributed by atoms with Crippen LogP contribution in [0.4, 0.5) is 0 Å². The summed E-state index contributed by atoms with van der Waals surface area (Å²) in [6.07, 6.45) is -9.84. The SMILES string of the molecule is CC[Si](CC)(CC)O[C@@H](C(=O)O[C@H]1C[C@@]2(O)[C@@H](OC(=O)c3ccccc3)[C@@H]3[C@]4(OC(C)=O)CO[C@@H]4[C@@H](Br)[C@H](O)[C@@]3(C)C(=O)[C@H](OC(C)=O)C(=C1C)C2(C)C)[C@@H](NC(=O)c1ccccc1)c1ccccc1. The second-order valence-electron chi connectivity index (χ2n) is 19.8. The number of aliphatic hydroxyl groups is 2. The highest BCUT2D eigenvalue weighted by Gasteiger charge is 2.80. The van der Waals surface area contributed by atoms with Crippen molar-refractivity contribution in [2.24, 2.45) is 16.7 Å². The van der Waals surface area contributed by atoms with E-state index in [4.69, 9.17) is 28.1 Å². The molecule has 2 bridgehead atoms. The van der Waals surface area contributed by atoms with Crippen LogP contribution in [0.3, 0.4) is 0 Å². The fourth-order valence-electron chi connectivity index (χ4n) is 11.6. The number of amides is 1. The van der Waals surface area contributed by atoms with Gasteiger partial charge in [0.2, 0.25) is 0 Å². The fraction of sp³-hybridized carbons (Fsp3) is 0.509. The Morgan fingerprint density at radius 2 is 1.39 bits per heavy atom. The average molecular weight is 1050 g/mol. The molecule has 3 aromatic carbocycles. The molecular weight excluding hydrogens is 983 g/mol. The molecule has 4 aliphatic rings. The first-order valence-electron chi connectivity index (χ1n) is 23.9. The van der Waals surface area contributed by atoms with Gasteiger partial charge in [0.25, 0.3) is 5.91 Å². The van der Waals surface area contributed by atoms with Crippen LogP contribution in [-0.2, 0) is 47.3 Å². The van der Waals surface area contributed by atoms with E-state index in [1.165, 1.54) is 26.0 Å². The normalized spacial score (nSPS) is 30.9. The van der Waals surface area contributed by atoms with Crippen molar-refractivity contribution in [1.82, 2.24) is 5.32 Å². The Morgan fingerprint density at radius 1 is 0.829 bits per heavy atom. The molecule has 70 heavy (non-hydrogen) atoms. The van der Waals surface area contributed by atoms with Crippen molar-refractivity contribution in [3.63, 3.8) is 0 Å². The quantitative estimate of drug-likeness (QED) is 0.0455. The fourth-order valence-corrected chi connectivity index (χ4v) is 15.5. The molecule has 17 heteroatoms. The highest BCUT2D eigenvalue weighted by Crippen LogP contribution is 2.65. The van der Waals surface area contributed by atoms with Crippen molar-refractivity contribution in [2.45, 2.75) is 146 Å². The Bertz CT molecular complexity index is 2500. The summed E-state index contributed by atoms with van der Waals surface area (Å²) in [5, 5.41) is 29.6. The third kappa shape index (κ3) is 8.99. The van der Waals surface area contributed by atoms with E-state index in [9.17, 15) is 29.4 Å². The molecule has 1 heterocycles. The molecule has 15 nitrogen and oxygen atoms in total. The lowest BCUT2D eigenvalue weighted by Crippen LogP contribution is -2.84. The second-order valence-corrected chi connectivity index (χ2v) is 25.5. The number of benzene rings is 3. The zero-order valence-corrected chi connectivity index (χ0v) is 43.6. The lowest BCUT2D eigenvalue weighted by molar-refractivity contribution is -0.342. The van der Waals surface area contributed by atoms with E-state index >= 15 is 9.59 Å². The summed E-state index contributed by atoms with van der Waals surface area (Å²) in [5.41, 5.74) is -6.75. The van der Waals surface area contributed by atoms with Crippen molar-refractivity contribution in [1.29, 1.82) is 0 Å². The number of hydrogen-bond donors (Lipinski definition) is 3. The van der Waals surface area contributed by atoms with Crippen LogP contribution in [0, 0.1) is 16.7 Å². The van der Waals surface area contributed by atoms with Gasteiger partial charge in [-0.15, -0.1) is 0 Å². The third-order valence-corrected chi connectivity index (χ3v) is 21.4. The molecule has 0 unspecified atom stereocenters. The van der Waals surface area contributed by atoms with Crippen LogP contribution < -0.4 is 5.32 Å². The van der Waals surface area contributed by atoms with Crippen molar-refractivity contribution in [2.75, 3.05) is 6.61 Å². The molecule has 1 amide bonds. The summed E-state index contributed by atoms with van der Waals surface area (Å²) >= 11 is 3.53. The van der Waals surface area contributed by atoms with Crippen LogP contribution in [0.1, 0.15) is 101 Å². The van der Waals surface area contributed by atoms with Gasteiger partial charge in [-0.2, -0.15) is 0 Å². The summed E-state index contributed by atoms with van der Waals surface area (Å²) in [6, 6.07) is 26.2. The van der Waals surface area contributed by atoms with E-state index in [1.54, 1.807) is 99.6 Å². The number of ketones is 1. The van der Waals surface area contributed by atoms with Gasteiger partial charge in [0.1, 0.15) is 23.9 Å². The van der Waals surface area contributed by atoms with Gasteiger partial charge in [0.05, 0.1) is 40.5 Å². The predicted molar refractivity (Wildman–Crippen MR) is 262 cm³/mol. The van der Waals surface area contributed by atoms with Crippen molar-refractivity contribution in [3.8, 4) is 0 Å². The van der Waals surface area contributed by atoms with Gasteiger partial charge in [0.15, 0.2) is 31.9 Å². The second kappa shape index (κ2) is 20.2. The van der Waals surface area contributed by atoms with Crippen LogP contribution in [0.25, 0.3) is 0 Å². The Morgan fingerprint density at radius 3 is 1.90 bits per heavy atom. The van der Waals surface area contributed by atoms with Crippen molar-refractivity contribution >= 4 is 59.8 Å². The molecule has 3 fully saturated rings. The molecule has 2 saturated carbocycles. The Kier molecular flexibility index (Phi) is 15.2. The van der Waals surface area contributed by atoms with Crippen LogP contribution in [-0.4, -0.2) is 113 Å². The Balaban J connectivity index is 1.45. The van der Waals surface area contributed by atoms with E-state index in [-0.39, 0.29) is 23.3 Å². The highest BCUT2D eigenvalue weighted by molar-refractivity contribution is 9.09. The summed E-state index contributed by atoms with van der Waals surface area (Å²) in [4.78, 5) is 85.5. The zero-order chi connectivity index (χ0) is 51.1. The molecular formula is C53H64BrNO14Si. The smallest absolute Gasteiger partial charge is 0.338 e. The number of Topliss-reactive ketones (excluding diaryl/α,β-unsaturated/α-hetero) is 1. The zero-order valence-electron chi connectivity index (χ0n) is 41.1. The Labute approximate surface area is 418 Å². The molecule has 3 aromatic rings. The summed E-state index contributed by atoms with van der Waals surface area (Å²) < 4.78 is 38.5. The molecule has 1 aliphatic heterocycles. The topological polar surface area (TPSA) is 210 Å². The predicted octanol–water partition coefficient (Wildman–Crippen LogP) is 7.14. The number of nitrogens with one attached hydrogen (secondary N) is 1. The molecule has 376 valence electrons. The summed E-state index contributed by atoms with van der Waals surface area (Å²) in [7, 11) is -2.75. The molecule has 0 radical (unpaired) electrons. The van der Waals surface area contributed by atoms with Crippen LogP contribution in [0.15, 0.2) is 102 Å². The number of rotatable bonds is 15. The molecule has 0 spiro atoms. The molecule has 1 saturated heterocycles. The molecule has 7 rings (SSSR count). The highest BCUT2D eigenvalue weighted by atomic mass is 79.9.